The molecule has 3 heteroatoms. The summed E-state index contributed by atoms with van der Waals surface area (Å²) in [6.07, 6.45) is 0.0807. The minimum absolute atomic E-state index is 0.154. The largest absolute Gasteiger partial charge is 0.435 e. The first-order valence-corrected chi connectivity index (χ1v) is 5.11. The Kier molecular flexibility index (Phi) is 3.02. The van der Waals surface area contributed by atoms with Crippen LogP contribution in [-0.4, -0.2) is 12.3 Å². The summed E-state index contributed by atoms with van der Waals surface area (Å²) in [4.78, 5) is 11.0. The van der Waals surface area contributed by atoms with Crippen molar-refractivity contribution in [3.8, 4) is 0 Å². The van der Waals surface area contributed by atoms with E-state index < -0.39 is 0 Å². The standard InChI is InChI=1S/C12H14O3/c1-9-7-11(13)15-12(9)14-8-10-5-3-2-4-6-10/h2-6,9,12H,7-8H2,1H3. The van der Waals surface area contributed by atoms with Crippen LogP contribution in [-0.2, 0) is 20.9 Å². The van der Waals surface area contributed by atoms with Gasteiger partial charge in [-0.25, -0.2) is 0 Å². The van der Waals surface area contributed by atoms with Gasteiger partial charge in [0.1, 0.15) is 0 Å². The maximum atomic E-state index is 11.0. The van der Waals surface area contributed by atoms with Gasteiger partial charge in [0.2, 0.25) is 6.29 Å². The van der Waals surface area contributed by atoms with Crippen molar-refractivity contribution in [1.29, 1.82) is 0 Å². The van der Waals surface area contributed by atoms with E-state index >= 15 is 0 Å². The number of benzene rings is 1. The van der Waals surface area contributed by atoms with E-state index in [0.717, 1.165) is 5.56 Å². The van der Waals surface area contributed by atoms with Gasteiger partial charge in [-0.2, -0.15) is 0 Å². The third-order valence-electron chi connectivity index (χ3n) is 2.46. The van der Waals surface area contributed by atoms with Gasteiger partial charge in [-0.05, 0) is 5.56 Å². The van der Waals surface area contributed by atoms with Gasteiger partial charge < -0.3 is 9.47 Å². The Labute approximate surface area is 89.0 Å². The summed E-state index contributed by atoms with van der Waals surface area (Å²) in [5.74, 6) is -0.0122. The van der Waals surface area contributed by atoms with E-state index in [4.69, 9.17) is 9.47 Å². The van der Waals surface area contributed by atoms with E-state index in [2.05, 4.69) is 0 Å². The van der Waals surface area contributed by atoms with Gasteiger partial charge >= 0.3 is 5.97 Å². The third-order valence-corrected chi connectivity index (χ3v) is 2.46. The molecule has 0 N–H and O–H groups in total. The number of ether oxygens (including phenoxy) is 2. The molecule has 1 aliphatic heterocycles. The highest BCUT2D eigenvalue weighted by molar-refractivity contribution is 5.71. The average Bonchev–Trinajstić information content (AvgIpc) is 2.56. The van der Waals surface area contributed by atoms with Crippen molar-refractivity contribution in [3.63, 3.8) is 0 Å². The molecular weight excluding hydrogens is 192 g/mol. The average molecular weight is 206 g/mol. The monoisotopic (exact) mass is 206 g/mol. The number of rotatable bonds is 3. The van der Waals surface area contributed by atoms with E-state index in [1.54, 1.807) is 0 Å². The van der Waals surface area contributed by atoms with E-state index in [-0.39, 0.29) is 18.2 Å². The van der Waals surface area contributed by atoms with E-state index in [0.29, 0.717) is 13.0 Å². The third kappa shape index (κ3) is 2.57. The van der Waals surface area contributed by atoms with Crippen LogP contribution in [0.4, 0.5) is 0 Å². The lowest BCUT2D eigenvalue weighted by molar-refractivity contribution is -0.169. The Morgan fingerprint density at radius 1 is 1.40 bits per heavy atom. The summed E-state index contributed by atoms with van der Waals surface area (Å²) in [5, 5.41) is 0. The van der Waals surface area contributed by atoms with Crippen LogP contribution >= 0.6 is 0 Å². The normalized spacial score (nSPS) is 25.3. The molecular formula is C12H14O3. The zero-order valence-corrected chi connectivity index (χ0v) is 8.68. The fourth-order valence-corrected chi connectivity index (χ4v) is 1.60. The van der Waals surface area contributed by atoms with Crippen molar-refractivity contribution in [1.82, 2.24) is 0 Å². The number of hydrogen-bond donors (Lipinski definition) is 0. The predicted octanol–water partition coefficient (Wildman–Crippen LogP) is 2.11. The summed E-state index contributed by atoms with van der Waals surface area (Å²) in [5.41, 5.74) is 1.09. The molecule has 80 valence electrons. The highest BCUT2D eigenvalue weighted by Gasteiger charge is 2.31. The Morgan fingerprint density at radius 2 is 2.13 bits per heavy atom. The Hall–Kier alpha value is -1.35. The molecule has 0 radical (unpaired) electrons. The topological polar surface area (TPSA) is 35.5 Å². The lowest BCUT2D eigenvalue weighted by atomic mass is 10.1. The highest BCUT2D eigenvalue weighted by Crippen LogP contribution is 2.23. The Bertz CT molecular complexity index is 334. The van der Waals surface area contributed by atoms with Crippen molar-refractivity contribution in [2.75, 3.05) is 0 Å². The Balaban J connectivity index is 1.86. The molecule has 1 saturated heterocycles. The molecule has 2 rings (SSSR count). The number of carbonyl (C=O) groups is 1. The summed E-state index contributed by atoms with van der Waals surface area (Å²) >= 11 is 0. The van der Waals surface area contributed by atoms with Crippen LogP contribution in [0.5, 0.6) is 0 Å². The maximum absolute atomic E-state index is 11.0. The minimum Gasteiger partial charge on any atom is -0.435 e. The second-order valence-electron chi connectivity index (χ2n) is 3.84. The lowest BCUT2D eigenvalue weighted by Gasteiger charge is -2.14. The first-order chi connectivity index (χ1) is 7.25. The van der Waals surface area contributed by atoms with Gasteiger partial charge in [0.25, 0.3) is 0 Å². The van der Waals surface area contributed by atoms with Gasteiger partial charge in [0.05, 0.1) is 13.0 Å². The summed E-state index contributed by atoms with van der Waals surface area (Å²) in [6.45, 7) is 2.45. The molecule has 2 atom stereocenters. The van der Waals surface area contributed by atoms with Crippen molar-refractivity contribution in [2.24, 2.45) is 5.92 Å². The molecule has 15 heavy (non-hydrogen) atoms. The Morgan fingerprint density at radius 3 is 2.73 bits per heavy atom. The highest BCUT2D eigenvalue weighted by atomic mass is 16.7. The van der Waals surface area contributed by atoms with Crippen molar-refractivity contribution in [3.05, 3.63) is 35.9 Å². The maximum Gasteiger partial charge on any atom is 0.308 e. The molecule has 0 aliphatic carbocycles. The predicted molar refractivity (Wildman–Crippen MR) is 54.9 cm³/mol. The first kappa shape index (κ1) is 10.2. The van der Waals surface area contributed by atoms with Gasteiger partial charge in [-0.1, -0.05) is 37.3 Å². The van der Waals surface area contributed by atoms with Gasteiger partial charge in [0, 0.05) is 5.92 Å². The number of cyclic esters (lactones) is 1. The zero-order chi connectivity index (χ0) is 10.7. The van der Waals surface area contributed by atoms with Gasteiger partial charge in [-0.3, -0.25) is 4.79 Å². The molecule has 1 aromatic rings. The van der Waals surface area contributed by atoms with Crippen LogP contribution < -0.4 is 0 Å². The van der Waals surface area contributed by atoms with Crippen molar-refractivity contribution < 1.29 is 14.3 Å². The summed E-state index contributed by atoms with van der Waals surface area (Å²) in [7, 11) is 0. The SMILES string of the molecule is CC1CC(=O)OC1OCc1ccccc1. The van der Waals surface area contributed by atoms with E-state index in [9.17, 15) is 4.79 Å². The van der Waals surface area contributed by atoms with Crippen molar-refractivity contribution in [2.45, 2.75) is 26.2 Å². The fraction of sp³-hybridized carbons (Fsp3) is 0.417. The molecule has 0 bridgehead atoms. The zero-order valence-electron chi connectivity index (χ0n) is 8.68. The number of hydrogen-bond acceptors (Lipinski definition) is 3. The fourth-order valence-electron chi connectivity index (χ4n) is 1.60. The van der Waals surface area contributed by atoms with Gasteiger partial charge in [-0.15, -0.1) is 0 Å². The van der Waals surface area contributed by atoms with E-state index in [1.165, 1.54) is 0 Å². The van der Waals surface area contributed by atoms with Gasteiger partial charge in [0.15, 0.2) is 0 Å². The van der Waals surface area contributed by atoms with Crippen molar-refractivity contribution >= 4 is 5.97 Å². The van der Waals surface area contributed by atoms with Crippen LogP contribution in [0.15, 0.2) is 30.3 Å². The molecule has 0 spiro atoms. The second kappa shape index (κ2) is 4.45. The smallest absolute Gasteiger partial charge is 0.308 e. The summed E-state index contributed by atoms with van der Waals surface area (Å²) in [6, 6.07) is 9.86. The summed E-state index contributed by atoms with van der Waals surface area (Å²) < 4.78 is 10.6. The van der Waals surface area contributed by atoms with Crippen LogP contribution in [0.25, 0.3) is 0 Å². The molecule has 1 heterocycles. The van der Waals surface area contributed by atoms with Crippen LogP contribution in [0.2, 0.25) is 0 Å². The second-order valence-corrected chi connectivity index (χ2v) is 3.84. The van der Waals surface area contributed by atoms with Crippen LogP contribution in [0, 0.1) is 5.92 Å². The number of esters is 1. The molecule has 3 nitrogen and oxygen atoms in total. The lowest BCUT2D eigenvalue weighted by Crippen LogP contribution is -2.17. The molecule has 1 aromatic carbocycles. The molecule has 0 saturated carbocycles. The molecule has 1 fully saturated rings. The molecule has 2 unspecified atom stereocenters. The minimum atomic E-state index is -0.377. The van der Waals surface area contributed by atoms with Crippen LogP contribution in [0.1, 0.15) is 18.9 Å². The van der Waals surface area contributed by atoms with E-state index in [1.807, 2.05) is 37.3 Å². The first-order valence-electron chi connectivity index (χ1n) is 5.11. The quantitative estimate of drug-likeness (QED) is 0.710. The number of carbonyl (C=O) groups excluding carboxylic acids is 1. The van der Waals surface area contributed by atoms with Crippen LogP contribution in [0.3, 0.4) is 0 Å². The molecule has 0 amide bonds. The molecule has 0 aromatic heterocycles. The molecule has 1 aliphatic rings.